The molecule has 7 heteroatoms. The highest BCUT2D eigenvalue weighted by Gasteiger charge is 2.24. The molecule has 0 aliphatic carbocycles. The Morgan fingerprint density at radius 2 is 1.82 bits per heavy atom. The smallest absolute Gasteiger partial charge is 0.347 e. The maximum atomic E-state index is 13.3. The third-order valence-electron chi connectivity index (χ3n) is 6.46. The van der Waals surface area contributed by atoms with Crippen molar-refractivity contribution in [3.63, 3.8) is 0 Å². The Kier molecular flexibility index (Phi) is 5.50. The average molecular weight is 445 g/mol. The molecule has 170 valence electrons. The van der Waals surface area contributed by atoms with E-state index in [1.54, 1.807) is 10.7 Å². The molecule has 2 aromatic heterocycles. The lowest BCUT2D eigenvalue weighted by Crippen LogP contribution is -2.48. The van der Waals surface area contributed by atoms with Gasteiger partial charge >= 0.3 is 5.63 Å². The topological polar surface area (TPSA) is 71.6 Å². The minimum atomic E-state index is -0.433. The zero-order chi connectivity index (χ0) is 23.1. The van der Waals surface area contributed by atoms with Crippen LogP contribution >= 0.6 is 0 Å². The molecular weight excluding hydrogens is 416 g/mol. The number of aryl methyl sites for hydroxylation is 3. The summed E-state index contributed by atoms with van der Waals surface area (Å²) >= 11 is 0. The molecule has 0 saturated carbocycles. The number of amides is 1. The molecule has 1 fully saturated rings. The summed E-state index contributed by atoms with van der Waals surface area (Å²) in [6.45, 7) is 9.42. The van der Waals surface area contributed by atoms with Crippen molar-refractivity contribution in [2.24, 2.45) is 0 Å². The van der Waals surface area contributed by atoms with Crippen molar-refractivity contribution in [3.05, 3.63) is 75.3 Å². The summed E-state index contributed by atoms with van der Waals surface area (Å²) in [5, 5.41) is 5.57. The zero-order valence-electron chi connectivity index (χ0n) is 19.3. The molecule has 0 unspecified atom stereocenters. The Labute approximate surface area is 192 Å². The van der Waals surface area contributed by atoms with Crippen LogP contribution in [0, 0.1) is 20.8 Å². The van der Waals surface area contributed by atoms with Crippen molar-refractivity contribution in [1.82, 2.24) is 19.6 Å². The second-order valence-corrected chi connectivity index (χ2v) is 9.09. The van der Waals surface area contributed by atoms with Crippen molar-refractivity contribution >= 4 is 27.8 Å². The third kappa shape index (κ3) is 4.16. The first kappa shape index (κ1) is 21.4. The number of rotatable bonds is 4. The first-order chi connectivity index (χ1) is 15.9. The number of aromatic nitrogens is 2. The van der Waals surface area contributed by atoms with Gasteiger partial charge in [0, 0.05) is 25.0 Å². The summed E-state index contributed by atoms with van der Waals surface area (Å²) in [7, 11) is 0. The maximum absolute atomic E-state index is 13.3. The van der Waals surface area contributed by atoms with Crippen LogP contribution in [0.3, 0.4) is 0 Å². The number of nitrogens with zero attached hydrogens (tertiary/aromatic N) is 4. The van der Waals surface area contributed by atoms with Gasteiger partial charge in [0.2, 0.25) is 5.91 Å². The number of benzene rings is 2. The fraction of sp³-hybridized carbons (Fsp3) is 0.346. The summed E-state index contributed by atoms with van der Waals surface area (Å²) in [5.74, 6) is -0.000270. The van der Waals surface area contributed by atoms with Gasteiger partial charge in [-0.1, -0.05) is 35.4 Å². The normalized spacial score (nSPS) is 14.9. The van der Waals surface area contributed by atoms with Crippen LogP contribution < -0.4 is 5.63 Å². The van der Waals surface area contributed by atoms with Crippen LogP contribution in [-0.2, 0) is 17.9 Å². The molecule has 2 aromatic carbocycles. The van der Waals surface area contributed by atoms with Gasteiger partial charge in [0.15, 0.2) is 0 Å². The highest BCUT2D eigenvalue weighted by molar-refractivity contribution is 6.02. The predicted molar refractivity (Wildman–Crippen MR) is 128 cm³/mol. The molecule has 5 rings (SSSR count). The molecule has 4 aromatic rings. The van der Waals surface area contributed by atoms with E-state index in [0.29, 0.717) is 23.2 Å². The van der Waals surface area contributed by atoms with E-state index in [1.165, 1.54) is 22.9 Å². The molecule has 0 spiro atoms. The minimum Gasteiger partial charge on any atom is -0.422 e. The van der Waals surface area contributed by atoms with Crippen LogP contribution in [0.15, 0.2) is 51.8 Å². The van der Waals surface area contributed by atoms with Gasteiger partial charge in [-0.3, -0.25) is 14.4 Å². The number of hydrogen-bond acceptors (Lipinski definition) is 5. The standard InChI is InChI=1S/C26H28N4O3/c1-17-5-7-19(3)20(11-17)14-28-9-4-10-29(16-28)24(31)15-30-25-21-12-18(2)6-8-23(21)33-26(32)22(25)13-27-30/h5-8,11-13H,4,9-10,14-16H2,1-3H3. The monoisotopic (exact) mass is 444 g/mol. The highest BCUT2D eigenvalue weighted by Crippen LogP contribution is 2.24. The van der Waals surface area contributed by atoms with E-state index in [9.17, 15) is 9.59 Å². The van der Waals surface area contributed by atoms with Crippen molar-refractivity contribution in [2.45, 2.75) is 40.3 Å². The molecule has 1 amide bonds. The predicted octanol–water partition coefficient (Wildman–Crippen LogP) is 3.76. The van der Waals surface area contributed by atoms with E-state index in [4.69, 9.17) is 4.42 Å². The van der Waals surface area contributed by atoms with Gasteiger partial charge in [0.1, 0.15) is 17.5 Å². The van der Waals surface area contributed by atoms with Gasteiger partial charge < -0.3 is 9.32 Å². The lowest BCUT2D eigenvalue weighted by Gasteiger charge is -2.36. The molecule has 33 heavy (non-hydrogen) atoms. The molecule has 0 N–H and O–H groups in total. The summed E-state index contributed by atoms with van der Waals surface area (Å²) in [6, 6.07) is 12.2. The van der Waals surface area contributed by atoms with Crippen LogP contribution in [0.1, 0.15) is 28.7 Å². The average Bonchev–Trinajstić information content (AvgIpc) is 3.22. The van der Waals surface area contributed by atoms with Crippen molar-refractivity contribution < 1.29 is 9.21 Å². The van der Waals surface area contributed by atoms with E-state index >= 15 is 0 Å². The number of hydrogen-bond donors (Lipinski definition) is 0. The van der Waals surface area contributed by atoms with Crippen LogP contribution in [0.25, 0.3) is 21.9 Å². The SMILES string of the molecule is Cc1ccc(C)c(CN2CCCN(C(=O)Cn3ncc4c(=O)oc5ccc(C)cc5c43)C2)c1. The Balaban J connectivity index is 1.38. The zero-order valence-corrected chi connectivity index (χ0v) is 19.3. The maximum Gasteiger partial charge on any atom is 0.347 e. The van der Waals surface area contributed by atoms with Gasteiger partial charge in [-0.15, -0.1) is 0 Å². The van der Waals surface area contributed by atoms with Gasteiger partial charge in [-0.05, 0) is 50.5 Å². The number of carbonyl (C=O) groups is 1. The fourth-order valence-electron chi connectivity index (χ4n) is 4.65. The largest absolute Gasteiger partial charge is 0.422 e. The number of fused-ring (bicyclic) bond motifs is 3. The Morgan fingerprint density at radius 3 is 2.67 bits per heavy atom. The molecule has 1 saturated heterocycles. The molecule has 0 atom stereocenters. The second-order valence-electron chi connectivity index (χ2n) is 9.09. The van der Waals surface area contributed by atoms with Crippen LogP contribution in [0.4, 0.5) is 0 Å². The van der Waals surface area contributed by atoms with Crippen molar-refractivity contribution in [2.75, 3.05) is 19.8 Å². The molecule has 3 heterocycles. The lowest BCUT2D eigenvalue weighted by atomic mass is 10.0. The van der Waals surface area contributed by atoms with E-state index in [-0.39, 0.29) is 12.5 Å². The van der Waals surface area contributed by atoms with E-state index in [2.05, 4.69) is 42.0 Å². The number of carbonyl (C=O) groups excluding carboxylic acids is 1. The Hall–Kier alpha value is -3.45. The van der Waals surface area contributed by atoms with Gasteiger partial charge in [-0.25, -0.2) is 4.79 Å². The lowest BCUT2D eigenvalue weighted by molar-refractivity contribution is -0.136. The van der Waals surface area contributed by atoms with Crippen molar-refractivity contribution in [3.8, 4) is 0 Å². The molecular formula is C26H28N4O3. The summed E-state index contributed by atoms with van der Waals surface area (Å²) in [6.07, 6.45) is 2.43. The minimum absolute atomic E-state index is 0.000270. The van der Waals surface area contributed by atoms with Crippen molar-refractivity contribution in [1.29, 1.82) is 0 Å². The molecule has 7 nitrogen and oxygen atoms in total. The van der Waals surface area contributed by atoms with E-state index in [0.717, 1.165) is 37.0 Å². The quantitative estimate of drug-likeness (QED) is 0.448. The van der Waals surface area contributed by atoms with Crippen LogP contribution in [0.5, 0.6) is 0 Å². The Bertz CT molecular complexity index is 1420. The second kappa shape index (κ2) is 8.48. The van der Waals surface area contributed by atoms with Gasteiger partial charge in [0.25, 0.3) is 0 Å². The van der Waals surface area contributed by atoms with E-state index in [1.807, 2.05) is 24.0 Å². The Morgan fingerprint density at radius 1 is 1.03 bits per heavy atom. The third-order valence-corrected chi connectivity index (χ3v) is 6.46. The first-order valence-electron chi connectivity index (χ1n) is 11.3. The summed E-state index contributed by atoms with van der Waals surface area (Å²) < 4.78 is 7.08. The van der Waals surface area contributed by atoms with E-state index < -0.39 is 5.63 Å². The molecule has 1 aliphatic rings. The summed E-state index contributed by atoms with van der Waals surface area (Å²) in [4.78, 5) is 29.9. The molecule has 1 aliphatic heterocycles. The fourth-order valence-corrected chi connectivity index (χ4v) is 4.65. The summed E-state index contributed by atoms with van der Waals surface area (Å²) in [5.41, 5.74) is 5.60. The van der Waals surface area contributed by atoms with Crippen LogP contribution in [-0.4, -0.2) is 45.2 Å². The first-order valence-corrected chi connectivity index (χ1v) is 11.3. The molecule has 0 radical (unpaired) electrons. The van der Waals surface area contributed by atoms with Gasteiger partial charge in [-0.2, -0.15) is 5.10 Å². The highest BCUT2D eigenvalue weighted by atomic mass is 16.4. The van der Waals surface area contributed by atoms with Gasteiger partial charge in [0.05, 0.1) is 18.4 Å². The molecule has 0 bridgehead atoms. The van der Waals surface area contributed by atoms with Crippen LogP contribution in [0.2, 0.25) is 0 Å².